The van der Waals surface area contributed by atoms with Crippen LogP contribution in [0, 0.1) is 5.92 Å². The van der Waals surface area contributed by atoms with Gasteiger partial charge in [0.25, 0.3) is 5.91 Å². The van der Waals surface area contributed by atoms with E-state index >= 15 is 0 Å². The zero-order chi connectivity index (χ0) is 18.6. The van der Waals surface area contributed by atoms with E-state index in [0.29, 0.717) is 15.0 Å². The van der Waals surface area contributed by atoms with Gasteiger partial charge >= 0.3 is 0 Å². The summed E-state index contributed by atoms with van der Waals surface area (Å²) in [5.74, 6) is 0.728. The van der Waals surface area contributed by atoms with E-state index in [0.717, 1.165) is 22.9 Å². The first-order valence-corrected chi connectivity index (χ1v) is 11.0. The van der Waals surface area contributed by atoms with E-state index in [-0.39, 0.29) is 17.7 Å². The standard InChI is InChI=1S/C18H16N4O2S3/c23-15(12-6-7-12)19-14-9-8-13(26-14)16(24)20-17-21-22-18(27-17)25-10-11-4-2-1-3-5-11/h1-5,8-9,12H,6-7,10H2,(H,19,23)(H,20,21,24). The Labute approximate surface area is 168 Å². The van der Waals surface area contributed by atoms with Crippen molar-refractivity contribution in [2.45, 2.75) is 22.9 Å². The summed E-state index contributed by atoms with van der Waals surface area (Å²) in [6, 6.07) is 13.6. The van der Waals surface area contributed by atoms with Gasteiger partial charge in [0.05, 0.1) is 9.88 Å². The molecule has 0 atom stereocenters. The van der Waals surface area contributed by atoms with Crippen molar-refractivity contribution in [3.05, 3.63) is 52.9 Å². The molecule has 1 aliphatic rings. The molecule has 4 rings (SSSR count). The van der Waals surface area contributed by atoms with E-state index in [2.05, 4.69) is 33.0 Å². The van der Waals surface area contributed by atoms with Gasteiger partial charge in [0.1, 0.15) is 0 Å². The summed E-state index contributed by atoms with van der Waals surface area (Å²) in [5, 5.41) is 14.9. The summed E-state index contributed by atoms with van der Waals surface area (Å²) >= 11 is 4.19. The number of hydrogen-bond donors (Lipinski definition) is 2. The number of nitrogens with zero attached hydrogens (tertiary/aromatic N) is 2. The Bertz CT molecular complexity index is 950. The monoisotopic (exact) mass is 416 g/mol. The molecule has 0 aliphatic heterocycles. The van der Waals surface area contributed by atoms with Gasteiger partial charge in [-0.15, -0.1) is 21.5 Å². The van der Waals surface area contributed by atoms with Gasteiger partial charge in [-0.05, 0) is 30.5 Å². The maximum absolute atomic E-state index is 12.4. The molecule has 138 valence electrons. The maximum Gasteiger partial charge on any atom is 0.267 e. The topological polar surface area (TPSA) is 84.0 Å². The summed E-state index contributed by atoms with van der Waals surface area (Å²) in [6.07, 6.45) is 1.90. The van der Waals surface area contributed by atoms with Crippen LogP contribution in [0.1, 0.15) is 28.1 Å². The number of carbonyl (C=O) groups is 2. The molecule has 1 aromatic carbocycles. The van der Waals surface area contributed by atoms with Crippen LogP contribution in [0.4, 0.5) is 10.1 Å². The van der Waals surface area contributed by atoms with Crippen LogP contribution in [0.15, 0.2) is 46.8 Å². The lowest BCUT2D eigenvalue weighted by molar-refractivity contribution is -0.117. The molecule has 2 amide bonds. The number of benzene rings is 1. The molecule has 0 unspecified atom stereocenters. The fourth-order valence-corrected chi connectivity index (χ4v) is 4.80. The molecule has 1 aliphatic carbocycles. The Balaban J connectivity index is 1.31. The highest BCUT2D eigenvalue weighted by molar-refractivity contribution is 8.00. The molecular weight excluding hydrogens is 400 g/mol. The smallest absolute Gasteiger partial charge is 0.267 e. The summed E-state index contributed by atoms with van der Waals surface area (Å²) in [7, 11) is 0. The minimum atomic E-state index is -0.248. The average molecular weight is 417 g/mol. The third-order valence-electron chi connectivity index (χ3n) is 3.86. The van der Waals surface area contributed by atoms with E-state index < -0.39 is 0 Å². The van der Waals surface area contributed by atoms with Crippen LogP contribution in [0.5, 0.6) is 0 Å². The maximum atomic E-state index is 12.4. The molecule has 1 saturated carbocycles. The number of hydrogen-bond acceptors (Lipinski definition) is 7. The lowest BCUT2D eigenvalue weighted by Gasteiger charge is -1.99. The second-order valence-electron chi connectivity index (χ2n) is 6.03. The largest absolute Gasteiger partial charge is 0.317 e. The molecule has 3 aromatic rings. The van der Waals surface area contributed by atoms with E-state index in [4.69, 9.17) is 0 Å². The van der Waals surface area contributed by atoms with Crippen molar-refractivity contribution in [1.29, 1.82) is 0 Å². The third-order valence-corrected chi connectivity index (χ3v) is 6.90. The lowest BCUT2D eigenvalue weighted by atomic mass is 10.2. The Morgan fingerprint density at radius 3 is 2.63 bits per heavy atom. The fourth-order valence-electron chi connectivity index (χ4n) is 2.29. The number of anilines is 2. The molecule has 27 heavy (non-hydrogen) atoms. The molecule has 0 spiro atoms. The van der Waals surface area contributed by atoms with Gasteiger partial charge in [-0.3, -0.25) is 14.9 Å². The predicted octanol–water partition coefficient (Wildman–Crippen LogP) is 4.49. The van der Waals surface area contributed by atoms with Crippen LogP contribution in [-0.2, 0) is 10.5 Å². The molecule has 0 saturated heterocycles. The molecule has 2 heterocycles. The molecule has 1 fully saturated rings. The Morgan fingerprint density at radius 2 is 1.85 bits per heavy atom. The minimum absolute atomic E-state index is 0.0352. The summed E-state index contributed by atoms with van der Waals surface area (Å²) in [6.45, 7) is 0. The van der Waals surface area contributed by atoms with Crippen molar-refractivity contribution in [3.63, 3.8) is 0 Å². The lowest BCUT2D eigenvalue weighted by Crippen LogP contribution is -2.12. The normalized spacial score (nSPS) is 13.3. The number of carbonyl (C=O) groups excluding carboxylic acids is 2. The van der Waals surface area contributed by atoms with Crippen LogP contribution >= 0.6 is 34.4 Å². The van der Waals surface area contributed by atoms with E-state index in [1.54, 1.807) is 23.9 Å². The summed E-state index contributed by atoms with van der Waals surface area (Å²) < 4.78 is 0.803. The van der Waals surface area contributed by atoms with Crippen LogP contribution < -0.4 is 10.6 Å². The number of amides is 2. The van der Waals surface area contributed by atoms with Gasteiger partial charge in [-0.25, -0.2) is 0 Å². The summed E-state index contributed by atoms with van der Waals surface area (Å²) in [4.78, 5) is 24.7. The first kappa shape index (κ1) is 18.1. The van der Waals surface area contributed by atoms with Gasteiger partial charge in [-0.1, -0.05) is 53.4 Å². The zero-order valence-electron chi connectivity index (χ0n) is 14.2. The zero-order valence-corrected chi connectivity index (χ0v) is 16.6. The van der Waals surface area contributed by atoms with Crippen LogP contribution in [0.25, 0.3) is 0 Å². The van der Waals surface area contributed by atoms with Gasteiger partial charge in [-0.2, -0.15) is 0 Å². The van der Waals surface area contributed by atoms with Crippen LogP contribution in [0.2, 0.25) is 0 Å². The predicted molar refractivity (Wildman–Crippen MR) is 110 cm³/mol. The first-order chi connectivity index (χ1) is 13.2. The van der Waals surface area contributed by atoms with Crippen molar-refractivity contribution in [2.75, 3.05) is 10.6 Å². The number of aromatic nitrogens is 2. The minimum Gasteiger partial charge on any atom is -0.317 e. The van der Waals surface area contributed by atoms with Crippen molar-refractivity contribution in [1.82, 2.24) is 10.2 Å². The number of thiophene rings is 1. The van der Waals surface area contributed by atoms with Gasteiger partial charge in [0, 0.05) is 11.7 Å². The fraction of sp³-hybridized carbons (Fsp3) is 0.222. The second kappa shape index (κ2) is 8.20. The van der Waals surface area contributed by atoms with E-state index in [1.165, 1.54) is 28.2 Å². The van der Waals surface area contributed by atoms with Crippen molar-refractivity contribution in [3.8, 4) is 0 Å². The SMILES string of the molecule is O=C(Nc1nnc(SCc2ccccc2)s1)c1ccc(NC(=O)C2CC2)s1. The Kier molecular flexibility index (Phi) is 5.51. The van der Waals surface area contributed by atoms with Gasteiger partial charge in [0.15, 0.2) is 4.34 Å². The quantitative estimate of drug-likeness (QED) is 0.438. The molecule has 2 aromatic heterocycles. The van der Waals surface area contributed by atoms with E-state index in [1.807, 2.05) is 18.2 Å². The van der Waals surface area contributed by atoms with Gasteiger partial charge in [0.2, 0.25) is 11.0 Å². The van der Waals surface area contributed by atoms with E-state index in [9.17, 15) is 9.59 Å². The molecule has 2 N–H and O–H groups in total. The summed E-state index contributed by atoms with van der Waals surface area (Å²) in [5.41, 5.74) is 1.21. The van der Waals surface area contributed by atoms with Crippen molar-refractivity contribution in [2.24, 2.45) is 5.92 Å². The Morgan fingerprint density at radius 1 is 1.04 bits per heavy atom. The Hall–Kier alpha value is -2.23. The van der Waals surface area contributed by atoms with Gasteiger partial charge < -0.3 is 5.32 Å². The number of thioether (sulfide) groups is 1. The second-order valence-corrected chi connectivity index (χ2v) is 9.31. The molecular formula is C18H16N4O2S3. The van der Waals surface area contributed by atoms with Crippen molar-refractivity contribution < 1.29 is 9.59 Å². The molecule has 9 heteroatoms. The molecule has 0 radical (unpaired) electrons. The first-order valence-electron chi connectivity index (χ1n) is 8.39. The third kappa shape index (κ3) is 4.94. The number of nitrogens with one attached hydrogen (secondary N) is 2. The molecule has 0 bridgehead atoms. The highest BCUT2D eigenvalue weighted by atomic mass is 32.2. The molecule has 6 nitrogen and oxygen atoms in total. The van der Waals surface area contributed by atoms with Crippen LogP contribution in [0.3, 0.4) is 0 Å². The highest BCUT2D eigenvalue weighted by Crippen LogP contribution is 2.32. The van der Waals surface area contributed by atoms with Crippen molar-refractivity contribution >= 4 is 56.4 Å². The number of rotatable bonds is 7. The highest BCUT2D eigenvalue weighted by Gasteiger charge is 2.29. The van der Waals surface area contributed by atoms with Crippen LogP contribution in [-0.4, -0.2) is 22.0 Å². The average Bonchev–Trinajstić information content (AvgIpc) is 3.28.